The molecule has 0 aromatic heterocycles. The minimum Gasteiger partial charge on any atom is -0.507 e. The van der Waals surface area contributed by atoms with Crippen LogP contribution >= 0.6 is 0 Å². The van der Waals surface area contributed by atoms with Gasteiger partial charge in [0.15, 0.2) is 0 Å². The zero-order valence-electron chi connectivity index (χ0n) is 13.6. The van der Waals surface area contributed by atoms with E-state index in [1.807, 2.05) is 6.07 Å². The molecule has 2 aromatic carbocycles. The molecule has 0 spiro atoms. The van der Waals surface area contributed by atoms with Crippen LogP contribution in [0.2, 0.25) is 0 Å². The number of carbonyl (C=O) groups is 1. The maximum absolute atomic E-state index is 14.1. The van der Waals surface area contributed by atoms with Crippen molar-refractivity contribution in [3.63, 3.8) is 0 Å². The number of aromatic hydroxyl groups is 1. The summed E-state index contributed by atoms with van der Waals surface area (Å²) >= 11 is 0. The number of phenolic OH excluding ortho intramolecular Hbond substituents is 1. The van der Waals surface area contributed by atoms with E-state index in [0.29, 0.717) is 30.3 Å². The second kappa shape index (κ2) is 6.86. The number of aryl methyl sites for hydroxylation is 1. The van der Waals surface area contributed by atoms with Gasteiger partial charge in [-0.3, -0.25) is 0 Å². The molecule has 23 heavy (non-hydrogen) atoms. The molecule has 0 bridgehead atoms. The fourth-order valence-electron chi connectivity index (χ4n) is 2.42. The Hall–Kier alpha value is -2.30. The molecule has 2 aromatic rings. The van der Waals surface area contributed by atoms with Crippen molar-refractivity contribution >= 4 is 16.9 Å². The van der Waals surface area contributed by atoms with Gasteiger partial charge in [0.05, 0.1) is 0 Å². The third-order valence-corrected chi connectivity index (χ3v) is 3.35. The van der Waals surface area contributed by atoms with Crippen molar-refractivity contribution in [2.45, 2.75) is 39.2 Å². The molecule has 4 nitrogen and oxygen atoms in total. The highest BCUT2D eigenvalue weighted by Crippen LogP contribution is 2.30. The fraction of sp³-hybridized carbons (Fsp3) is 0.389. The van der Waals surface area contributed by atoms with Crippen LogP contribution in [0.25, 0.3) is 10.8 Å². The van der Waals surface area contributed by atoms with E-state index in [1.165, 1.54) is 6.07 Å². The number of carbonyl (C=O) groups excluding carboxylic acids is 1. The highest BCUT2D eigenvalue weighted by atomic mass is 19.1. The zero-order chi connectivity index (χ0) is 17.0. The van der Waals surface area contributed by atoms with Crippen LogP contribution in [0.1, 0.15) is 32.8 Å². The number of halogens is 1. The van der Waals surface area contributed by atoms with Crippen molar-refractivity contribution in [1.29, 1.82) is 0 Å². The summed E-state index contributed by atoms with van der Waals surface area (Å²) in [6.07, 6.45) is 0.471. The Morgan fingerprint density at radius 2 is 2.00 bits per heavy atom. The van der Waals surface area contributed by atoms with Crippen LogP contribution in [0.4, 0.5) is 9.18 Å². The number of alkyl carbamates (subject to hydrolysis) is 1. The molecule has 0 radical (unpaired) electrons. The van der Waals surface area contributed by atoms with Gasteiger partial charge in [0.2, 0.25) is 0 Å². The molecule has 0 fully saturated rings. The molecule has 5 heteroatoms. The van der Waals surface area contributed by atoms with Crippen molar-refractivity contribution in [3.8, 4) is 5.75 Å². The van der Waals surface area contributed by atoms with E-state index in [4.69, 9.17) is 4.74 Å². The number of amides is 1. The Bertz CT molecular complexity index is 707. The van der Waals surface area contributed by atoms with Gasteiger partial charge in [-0.25, -0.2) is 9.18 Å². The van der Waals surface area contributed by atoms with Gasteiger partial charge in [-0.2, -0.15) is 0 Å². The zero-order valence-corrected chi connectivity index (χ0v) is 13.6. The smallest absolute Gasteiger partial charge is 0.407 e. The standard InChI is InChI=1S/C18H22FNO3/c1-18(2,3)23-17(22)20-11-5-7-13-14(19)10-9-12-6-4-8-15(21)16(12)13/h4,6,8-10,21H,5,7,11H2,1-3H3,(H,20,22). The van der Waals surface area contributed by atoms with E-state index in [-0.39, 0.29) is 11.6 Å². The average Bonchev–Trinajstić information content (AvgIpc) is 2.44. The number of nitrogens with one attached hydrogen (secondary N) is 1. The van der Waals surface area contributed by atoms with E-state index >= 15 is 0 Å². The van der Waals surface area contributed by atoms with Crippen molar-refractivity contribution in [3.05, 3.63) is 41.7 Å². The molecule has 0 aliphatic rings. The molecule has 0 heterocycles. The van der Waals surface area contributed by atoms with Gasteiger partial charge >= 0.3 is 6.09 Å². The summed E-state index contributed by atoms with van der Waals surface area (Å²) in [7, 11) is 0. The monoisotopic (exact) mass is 319 g/mol. The van der Waals surface area contributed by atoms with Crippen LogP contribution in [-0.2, 0) is 11.2 Å². The Balaban J connectivity index is 2.00. The van der Waals surface area contributed by atoms with Gasteiger partial charge in [0.1, 0.15) is 17.2 Å². The second-order valence-corrected chi connectivity index (χ2v) is 6.43. The van der Waals surface area contributed by atoms with Crippen LogP contribution < -0.4 is 5.32 Å². The van der Waals surface area contributed by atoms with Crippen LogP contribution in [0.3, 0.4) is 0 Å². The molecule has 0 unspecified atom stereocenters. The predicted octanol–water partition coefficient (Wildman–Crippen LogP) is 4.14. The van der Waals surface area contributed by atoms with E-state index in [1.54, 1.807) is 39.0 Å². The van der Waals surface area contributed by atoms with Gasteiger partial charge in [0.25, 0.3) is 0 Å². The molecule has 2 rings (SSSR count). The van der Waals surface area contributed by atoms with Crippen molar-refractivity contribution in [1.82, 2.24) is 5.32 Å². The normalized spacial score (nSPS) is 11.5. The summed E-state index contributed by atoms with van der Waals surface area (Å²) in [5.74, 6) is -0.284. The first-order valence-corrected chi connectivity index (χ1v) is 7.64. The van der Waals surface area contributed by atoms with Gasteiger partial charge in [-0.1, -0.05) is 18.2 Å². The molecule has 0 aliphatic heterocycles. The van der Waals surface area contributed by atoms with Gasteiger partial charge in [-0.05, 0) is 56.7 Å². The third-order valence-electron chi connectivity index (χ3n) is 3.35. The van der Waals surface area contributed by atoms with Crippen LogP contribution in [0, 0.1) is 5.82 Å². The molecule has 0 atom stereocenters. The molecule has 0 saturated heterocycles. The number of hydrogen-bond acceptors (Lipinski definition) is 3. The highest BCUT2D eigenvalue weighted by molar-refractivity contribution is 5.91. The van der Waals surface area contributed by atoms with Crippen LogP contribution in [-0.4, -0.2) is 23.3 Å². The van der Waals surface area contributed by atoms with Gasteiger partial charge in [0, 0.05) is 11.9 Å². The lowest BCUT2D eigenvalue weighted by atomic mass is 9.99. The maximum atomic E-state index is 14.1. The number of fused-ring (bicyclic) bond motifs is 1. The molecule has 2 N–H and O–H groups in total. The fourth-order valence-corrected chi connectivity index (χ4v) is 2.42. The molecule has 0 saturated carbocycles. The minimum atomic E-state index is -0.544. The Morgan fingerprint density at radius 1 is 1.26 bits per heavy atom. The van der Waals surface area contributed by atoms with Crippen molar-refractivity contribution in [2.24, 2.45) is 0 Å². The quantitative estimate of drug-likeness (QED) is 0.833. The lowest BCUT2D eigenvalue weighted by Gasteiger charge is -2.19. The summed E-state index contributed by atoms with van der Waals surface area (Å²) in [5, 5.41) is 14.0. The first-order valence-electron chi connectivity index (χ1n) is 7.64. The summed E-state index contributed by atoms with van der Waals surface area (Å²) in [5.41, 5.74) is -0.0796. The van der Waals surface area contributed by atoms with Gasteiger partial charge < -0.3 is 15.2 Å². The van der Waals surface area contributed by atoms with Crippen molar-refractivity contribution in [2.75, 3.05) is 6.54 Å². The number of ether oxygens (including phenoxy) is 1. The molecule has 124 valence electrons. The molecule has 1 amide bonds. The molecule has 0 aliphatic carbocycles. The summed E-state index contributed by atoms with van der Waals surface area (Å²) in [4.78, 5) is 11.6. The van der Waals surface area contributed by atoms with E-state index in [0.717, 1.165) is 5.39 Å². The molecular weight excluding hydrogens is 297 g/mol. The van der Waals surface area contributed by atoms with E-state index < -0.39 is 11.7 Å². The topological polar surface area (TPSA) is 58.6 Å². The average molecular weight is 319 g/mol. The van der Waals surface area contributed by atoms with E-state index in [2.05, 4.69) is 5.32 Å². The highest BCUT2D eigenvalue weighted by Gasteiger charge is 2.16. The van der Waals surface area contributed by atoms with Crippen LogP contribution in [0.5, 0.6) is 5.75 Å². The summed E-state index contributed by atoms with van der Waals surface area (Å²) in [6, 6.07) is 8.15. The Labute approximate surface area is 135 Å². The minimum absolute atomic E-state index is 0.0668. The summed E-state index contributed by atoms with van der Waals surface area (Å²) < 4.78 is 19.2. The number of hydrogen-bond donors (Lipinski definition) is 2. The van der Waals surface area contributed by atoms with Crippen LogP contribution in [0.15, 0.2) is 30.3 Å². The lowest BCUT2D eigenvalue weighted by Crippen LogP contribution is -2.33. The second-order valence-electron chi connectivity index (χ2n) is 6.43. The lowest BCUT2D eigenvalue weighted by molar-refractivity contribution is 0.0527. The first-order chi connectivity index (χ1) is 10.8. The Kier molecular flexibility index (Phi) is 5.08. The number of benzene rings is 2. The number of rotatable bonds is 4. The SMILES string of the molecule is CC(C)(C)OC(=O)NCCCc1c(F)ccc2cccc(O)c12. The van der Waals surface area contributed by atoms with E-state index in [9.17, 15) is 14.3 Å². The maximum Gasteiger partial charge on any atom is 0.407 e. The first kappa shape index (κ1) is 17.1. The number of phenols is 1. The predicted molar refractivity (Wildman–Crippen MR) is 88.1 cm³/mol. The third kappa shape index (κ3) is 4.58. The molecular formula is C18H22FNO3. The Morgan fingerprint density at radius 3 is 2.70 bits per heavy atom. The van der Waals surface area contributed by atoms with Gasteiger partial charge in [-0.15, -0.1) is 0 Å². The van der Waals surface area contributed by atoms with Crippen molar-refractivity contribution < 1.29 is 19.0 Å². The largest absolute Gasteiger partial charge is 0.507 e. The summed E-state index contributed by atoms with van der Waals surface area (Å²) in [6.45, 7) is 5.75.